The average molecular weight is 325 g/mol. The Labute approximate surface area is 135 Å². The fraction of sp³-hybridized carbons (Fsp3) is 0.0588. The minimum atomic E-state index is -0.520. The van der Waals surface area contributed by atoms with Crippen molar-refractivity contribution in [3.05, 3.63) is 48.2 Å². The third-order valence-corrected chi connectivity index (χ3v) is 4.08. The van der Waals surface area contributed by atoms with Gasteiger partial charge in [0.15, 0.2) is 0 Å². The van der Waals surface area contributed by atoms with Crippen LogP contribution in [0.2, 0.25) is 0 Å². The summed E-state index contributed by atoms with van der Waals surface area (Å²) in [5.41, 5.74) is 13.5. The number of hydrogen-bond donors (Lipinski definition) is 2. The molecule has 24 heavy (non-hydrogen) atoms. The lowest BCUT2D eigenvalue weighted by Crippen LogP contribution is -2.02. The lowest BCUT2D eigenvalue weighted by atomic mass is 9.99. The molecule has 0 atom stereocenters. The molecule has 0 aliphatic rings. The SMILES string of the molecule is Cn1ccc2c3c(N)nc(N)nc3cc(-c3cc(F)ccc3F)c21. The maximum Gasteiger partial charge on any atom is 0.222 e. The van der Waals surface area contributed by atoms with Gasteiger partial charge in [0.05, 0.1) is 16.4 Å². The number of aromatic nitrogens is 3. The minimum absolute atomic E-state index is 0.0287. The molecule has 0 radical (unpaired) electrons. The molecule has 4 aromatic rings. The first-order chi connectivity index (χ1) is 11.5. The molecule has 0 spiro atoms. The first-order valence-corrected chi connectivity index (χ1v) is 7.22. The normalized spacial score (nSPS) is 11.5. The molecular formula is C17H13F2N5. The van der Waals surface area contributed by atoms with Crippen molar-refractivity contribution in [1.82, 2.24) is 14.5 Å². The van der Waals surface area contributed by atoms with Gasteiger partial charge >= 0.3 is 0 Å². The molecule has 120 valence electrons. The molecule has 7 heteroatoms. The Kier molecular flexibility index (Phi) is 2.93. The van der Waals surface area contributed by atoms with E-state index in [9.17, 15) is 8.78 Å². The smallest absolute Gasteiger partial charge is 0.222 e. The molecule has 0 aliphatic heterocycles. The summed E-state index contributed by atoms with van der Waals surface area (Å²) in [6.45, 7) is 0. The van der Waals surface area contributed by atoms with Crippen LogP contribution in [0.15, 0.2) is 36.5 Å². The van der Waals surface area contributed by atoms with E-state index in [0.29, 0.717) is 22.0 Å². The monoisotopic (exact) mass is 325 g/mol. The van der Waals surface area contributed by atoms with Gasteiger partial charge in [0.1, 0.15) is 17.5 Å². The van der Waals surface area contributed by atoms with Crippen LogP contribution in [0.3, 0.4) is 0 Å². The van der Waals surface area contributed by atoms with Crippen LogP contribution in [0.1, 0.15) is 0 Å². The van der Waals surface area contributed by atoms with Crippen LogP contribution in [-0.2, 0) is 7.05 Å². The van der Waals surface area contributed by atoms with Crippen molar-refractivity contribution in [1.29, 1.82) is 0 Å². The van der Waals surface area contributed by atoms with E-state index in [0.717, 1.165) is 23.6 Å². The Morgan fingerprint density at radius 2 is 1.79 bits per heavy atom. The van der Waals surface area contributed by atoms with Crippen molar-refractivity contribution in [2.45, 2.75) is 0 Å². The Bertz CT molecular complexity index is 1120. The average Bonchev–Trinajstić information content (AvgIpc) is 2.90. The standard InChI is InChI=1S/C17H13F2N5/c1-24-5-4-9-14-13(22-17(21)23-16(14)20)7-11(15(9)24)10-6-8(18)2-3-12(10)19/h2-7H,1H3,(H4,20,21,22,23). The first kappa shape index (κ1) is 14.4. The van der Waals surface area contributed by atoms with Crippen LogP contribution >= 0.6 is 0 Å². The highest BCUT2D eigenvalue weighted by atomic mass is 19.1. The summed E-state index contributed by atoms with van der Waals surface area (Å²) in [6.07, 6.45) is 1.82. The number of nitrogens with two attached hydrogens (primary N) is 2. The summed E-state index contributed by atoms with van der Waals surface area (Å²) in [7, 11) is 1.82. The zero-order valence-corrected chi connectivity index (χ0v) is 12.7. The van der Waals surface area contributed by atoms with Gasteiger partial charge in [0.2, 0.25) is 5.95 Å². The molecule has 0 saturated heterocycles. The molecule has 0 bridgehead atoms. The third-order valence-electron chi connectivity index (χ3n) is 4.08. The summed E-state index contributed by atoms with van der Waals surface area (Å²) in [6, 6.07) is 6.85. The van der Waals surface area contributed by atoms with E-state index in [4.69, 9.17) is 11.5 Å². The van der Waals surface area contributed by atoms with Gasteiger partial charge in [-0.15, -0.1) is 0 Å². The van der Waals surface area contributed by atoms with Gasteiger partial charge in [0, 0.05) is 29.8 Å². The van der Waals surface area contributed by atoms with Crippen molar-refractivity contribution < 1.29 is 8.78 Å². The van der Waals surface area contributed by atoms with Crippen molar-refractivity contribution in [3.8, 4) is 11.1 Å². The molecule has 2 aromatic carbocycles. The number of aryl methyl sites for hydroxylation is 1. The van der Waals surface area contributed by atoms with Crippen LogP contribution < -0.4 is 11.5 Å². The summed E-state index contributed by atoms with van der Waals surface area (Å²) >= 11 is 0. The van der Waals surface area contributed by atoms with Crippen molar-refractivity contribution >= 4 is 33.6 Å². The van der Waals surface area contributed by atoms with E-state index in [-0.39, 0.29) is 17.3 Å². The van der Waals surface area contributed by atoms with Crippen LogP contribution in [-0.4, -0.2) is 14.5 Å². The molecule has 5 nitrogen and oxygen atoms in total. The second-order valence-electron chi connectivity index (χ2n) is 5.60. The van der Waals surface area contributed by atoms with Gasteiger partial charge in [-0.25, -0.2) is 13.8 Å². The molecule has 0 unspecified atom stereocenters. The van der Waals surface area contributed by atoms with E-state index in [1.54, 1.807) is 6.07 Å². The molecular weight excluding hydrogens is 312 g/mol. The molecule has 4 rings (SSSR count). The number of nitrogens with zero attached hydrogens (tertiary/aromatic N) is 3. The van der Waals surface area contributed by atoms with E-state index in [2.05, 4.69) is 9.97 Å². The number of halogens is 2. The molecule has 0 amide bonds. The van der Waals surface area contributed by atoms with E-state index < -0.39 is 11.6 Å². The Hall–Kier alpha value is -3.22. The van der Waals surface area contributed by atoms with Gasteiger partial charge in [-0.1, -0.05) is 0 Å². The van der Waals surface area contributed by atoms with Crippen LogP contribution in [0.4, 0.5) is 20.5 Å². The van der Waals surface area contributed by atoms with Crippen molar-refractivity contribution in [2.75, 3.05) is 11.5 Å². The van der Waals surface area contributed by atoms with Crippen molar-refractivity contribution in [2.24, 2.45) is 7.05 Å². The van der Waals surface area contributed by atoms with Gasteiger partial charge in [0.25, 0.3) is 0 Å². The van der Waals surface area contributed by atoms with Gasteiger partial charge in [-0.3, -0.25) is 0 Å². The number of fused-ring (bicyclic) bond motifs is 3. The fourth-order valence-electron chi connectivity index (χ4n) is 3.08. The summed E-state index contributed by atoms with van der Waals surface area (Å²) in [5, 5.41) is 1.39. The van der Waals surface area contributed by atoms with E-state index >= 15 is 0 Å². The predicted octanol–water partition coefficient (Wildman–Crippen LogP) is 3.23. The maximum absolute atomic E-state index is 14.3. The van der Waals surface area contributed by atoms with E-state index in [1.807, 2.05) is 23.9 Å². The van der Waals surface area contributed by atoms with Crippen LogP contribution in [0.25, 0.3) is 32.9 Å². The predicted molar refractivity (Wildman–Crippen MR) is 90.2 cm³/mol. The van der Waals surface area contributed by atoms with Gasteiger partial charge in [-0.2, -0.15) is 4.98 Å². The Morgan fingerprint density at radius 1 is 1.00 bits per heavy atom. The van der Waals surface area contributed by atoms with E-state index in [1.165, 1.54) is 0 Å². The first-order valence-electron chi connectivity index (χ1n) is 7.22. The lowest BCUT2D eigenvalue weighted by Gasteiger charge is -2.12. The summed E-state index contributed by atoms with van der Waals surface area (Å²) < 4.78 is 29.8. The number of hydrogen-bond acceptors (Lipinski definition) is 4. The van der Waals surface area contributed by atoms with Crippen LogP contribution in [0, 0.1) is 11.6 Å². The Balaban J connectivity index is 2.22. The lowest BCUT2D eigenvalue weighted by molar-refractivity contribution is 0.603. The molecule has 2 aromatic heterocycles. The molecule has 0 saturated carbocycles. The molecule has 0 fully saturated rings. The number of benzene rings is 2. The summed E-state index contributed by atoms with van der Waals surface area (Å²) in [4.78, 5) is 8.19. The maximum atomic E-state index is 14.3. The minimum Gasteiger partial charge on any atom is -0.383 e. The highest BCUT2D eigenvalue weighted by Crippen LogP contribution is 2.37. The number of rotatable bonds is 1. The third kappa shape index (κ3) is 1.98. The topological polar surface area (TPSA) is 82.8 Å². The van der Waals surface area contributed by atoms with Crippen molar-refractivity contribution in [3.63, 3.8) is 0 Å². The largest absolute Gasteiger partial charge is 0.383 e. The molecule has 2 heterocycles. The van der Waals surface area contributed by atoms with Crippen LogP contribution in [0.5, 0.6) is 0 Å². The number of anilines is 2. The van der Waals surface area contributed by atoms with Gasteiger partial charge in [-0.05, 0) is 30.3 Å². The number of nitrogen functional groups attached to an aromatic ring is 2. The zero-order valence-electron chi connectivity index (χ0n) is 12.7. The Morgan fingerprint density at radius 3 is 2.58 bits per heavy atom. The quantitative estimate of drug-likeness (QED) is 0.563. The summed E-state index contributed by atoms with van der Waals surface area (Å²) in [5.74, 6) is -0.760. The molecule has 4 N–H and O–H groups in total. The molecule has 0 aliphatic carbocycles. The zero-order chi connectivity index (χ0) is 17.0. The van der Waals surface area contributed by atoms with Gasteiger partial charge < -0.3 is 16.0 Å². The highest BCUT2D eigenvalue weighted by Gasteiger charge is 2.18. The highest BCUT2D eigenvalue weighted by molar-refractivity contribution is 6.15. The second kappa shape index (κ2) is 4.89. The fourth-order valence-corrected chi connectivity index (χ4v) is 3.08. The second-order valence-corrected chi connectivity index (χ2v) is 5.60.